The lowest BCUT2D eigenvalue weighted by atomic mass is 9.83. The summed E-state index contributed by atoms with van der Waals surface area (Å²) in [5.74, 6) is 0.681. The van der Waals surface area contributed by atoms with E-state index in [2.05, 4.69) is 6.92 Å². The number of amides is 1. The van der Waals surface area contributed by atoms with Gasteiger partial charge in [-0.3, -0.25) is 4.79 Å². The van der Waals surface area contributed by atoms with Crippen LogP contribution in [0, 0.1) is 5.92 Å². The molecule has 2 aliphatic rings. The summed E-state index contributed by atoms with van der Waals surface area (Å²) in [5, 5.41) is 0. The molecule has 0 aromatic heterocycles. The first kappa shape index (κ1) is 9.97. The summed E-state index contributed by atoms with van der Waals surface area (Å²) in [6, 6.07) is 0. The molecule has 0 aromatic carbocycles. The van der Waals surface area contributed by atoms with E-state index in [1.54, 1.807) is 0 Å². The van der Waals surface area contributed by atoms with E-state index in [-0.39, 0.29) is 5.54 Å². The van der Waals surface area contributed by atoms with Crippen LogP contribution in [-0.2, 0) is 4.79 Å². The van der Waals surface area contributed by atoms with Crippen LogP contribution in [-0.4, -0.2) is 29.4 Å². The molecule has 80 valence electrons. The standard InChI is InChI=1S/C11H20N2O/c1-11(8-12)6-3-7-13(11)10(14)9-4-2-5-9/h9H,2-8,12H2,1H3. The molecule has 0 aromatic rings. The molecule has 3 heteroatoms. The van der Waals surface area contributed by atoms with Crippen LogP contribution in [0.1, 0.15) is 39.0 Å². The number of carbonyl (C=O) groups is 1. The summed E-state index contributed by atoms with van der Waals surface area (Å²) in [6.45, 7) is 3.64. The summed E-state index contributed by atoms with van der Waals surface area (Å²) < 4.78 is 0. The highest BCUT2D eigenvalue weighted by Crippen LogP contribution is 2.34. The highest BCUT2D eigenvalue weighted by atomic mass is 16.2. The molecular weight excluding hydrogens is 176 g/mol. The third kappa shape index (κ3) is 1.44. The Morgan fingerprint density at radius 1 is 1.50 bits per heavy atom. The fraction of sp³-hybridized carbons (Fsp3) is 0.909. The SMILES string of the molecule is CC1(CN)CCCN1C(=O)C1CCC1. The summed E-state index contributed by atoms with van der Waals surface area (Å²) in [4.78, 5) is 14.1. The van der Waals surface area contributed by atoms with Gasteiger partial charge in [-0.2, -0.15) is 0 Å². The zero-order valence-corrected chi connectivity index (χ0v) is 8.96. The minimum Gasteiger partial charge on any atom is -0.336 e. The normalized spacial score (nSPS) is 33.1. The van der Waals surface area contributed by atoms with Crippen molar-refractivity contribution in [1.29, 1.82) is 0 Å². The number of hydrogen-bond donors (Lipinski definition) is 1. The smallest absolute Gasteiger partial charge is 0.226 e. The minimum atomic E-state index is -0.0489. The maximum absolute atomic E-state index is 12.1. The number of carbonyl (C=O) groups excluding carboxylic acids is 1. The second-order valence-corrected chi connectivity index (χ2v) is 4.92. The Labute approximate surface area is 85.6 Å². The van der Waals surface area contributed by atoms with Crippen LogP contribution in [0.25, 0.3) is 0 Å². The first-order valence-electron chi connectivity index (χ1n) is 5.69. The van der Waals surface area contributed by atoms with Gasteiger partial charge in [0.1, 0.15) is 0 Å². The molecule has 2 fully saturated rings. The molecule has 0 bridgehead atoms. The number of nitrogens with two attached hydrogens (primary N) is 1. The predicted octanol–water partition coefficient (Wildman–Crippen LogP) is 1.13. The maximum Gasteiger partial charge on any atom is 0.226 e. The predicted molar refractivity (Wildman–Crippen MR) is 55.7 cm³/mol. The van der Waals surface area contributed by atoms with Gasteiger partial charge in [0.2, 0.25) is 5.91 Å². The number of hydrogen-bond acceptors (Lipinski definition) is 2. The van der Waals surface area contributed by atoms with Crippen molar-refractivity contribution in [1.82, 2.24) is 4.90 Å². The van der Waals surface area contributed by atoms with E-state index in [1.807, 2.05) is 4.90 Å². The second-order valence-electron chi connectivity index (χ2n) is 4.92. The molecule has 1 atom stereocenters. The summed E-state index contributed by atoms with van der Waals surface area (Å²) in [7, 11) is 0. The molecule has 2 N–H and O–H groups in total. The maximum atomic E-state index is 12.1. The lowest BCUT2D eigenvalue weighted by Crippen LogP contribution is -2.52. The first-order valence-corrected chi connectivity index (χ1v) is 5.69. The van der Waals surface area contributed by atoms with E-state index in [1.165, 1.54) is 6.42 Å². The summed E-state index contributed by atoms with van der Waals surface area (Å²) >= 11 is 0. The van der Waals surface area contributed by atoms with Crippen molar-refractivity contribution in [2.75, 3.05) is 13.1 Å². The highest BCUT2D eigenvalue weighted by molar-refractivity contribution is 5.80. The molecule has 1 heterocycles. The average molecular weight is 196 g/mol. The lowest BCUT2D eigenvalue weighted by molar-refractivity contribution is -0.141. The molecular formula is C11H20N2O. The fourth-order valence-electron chi connectivity index (χ4n) is 2.49. The Hall–Kier alpha value is -0.570. The molecule has 1 saturated heterocycles. The van der Waals surface area contributed by atoms with Gasteiger partial charge in [0, 0.05) is 19.0 Å². The van der Waals surface area contributed by atoms with Crippen molar-refractivity contribution in [3.63, 3.8) is 0 Å². The molecule has 0 radical (unpaired) electrons. The quantitative estimate of drug-likeness (QED) is 0.719. The van der Waals surface area contributed by atoms with Crippen LogP contribution in [0.4, 0.5) is 0 Å². The molecule has 2 rings (SSSR count). The number of rotatable bonds is 2. The Morgan fingerprint density at radius 2 is 2.21 bits per heavy atom. The summed E-state index contributed by atoms with van der Waals surface area (Å²) in [6.07, 6.45) is 5.60. The molecule has 1 amide bonds. The molecule has 3 nitrogen and oxygen atoms in total. The largest absolute Gasteiger partial charge is 0.336 e. The van der Waals surface area contributed by atoms with Crippen molar-refractivity contribution < 1.29 is 4.79 Å². The minimum absolute atomic E-state index is 0.0489. The van der Waals surface area contributed by atoms with Gasteiger partial charge in [0.25, 0.3) is 0 Å². The molecule has 0 spiro atoms. The Bertz CT molecular complexity index is 237. The van der Waals surface area contributed by atoms with E-state index < -0.39 is 0 Å². The van der Waals surface area contributed by atoms with Crippen LogP contribution in [0.5, 0.6) is 0 Å². The molecule has 1 saturated carbocycles. The van der Waals surface area contributed by atoms with Gasteiger partial charge in [-0.15, -0.1) is 0 Å². The van der Waals surface area contributed by atoms with E-state index in [4.69, 9.17) is 5.73 Å². The molecule has 1 unspecified atom stereocenters. The van der Waals surface area contributed by atoms with Gasteiger partial charge in [-0.25, -0.2) is 0 Å². The van der Waals surface area contributed by atoms with Crippen molar-refractivity contribution in [3.8, 4) is 0 Å². The first-order chi connectivity index (χ1) is 6.67. The second kappa shape index (κ2) is 3.54. The van der Waals surface area contributed by atoms with Crippen molar-refractivity contribution >= 4 is 5.91 Å². The van der Waals surface area contributed by atoms with Crippen LogP contribution in [0.3, 0.4) is 0 Å². The van der Waals surface area contributed by atoms with Gasteiger partial charge in [0.15, 0.2) is 0 Å². The van der Waals surface area contributed by atoms with Crippen LogP contribution in [0.2, 0.25) is 0 Å². The van der Waals surface area contributed by atoms with Crippen molar-refractivity contribution in [3.05, 3.63) is 0 Å². The average Bonchev–Trinajstić information content (AvgIpc) is 2.45. The summed E-state index contributed by atoms with van der Waals surface area (Å²) in [5.41, 5.74) is 5.71. The molecule has 14 heavy (non-hydrogen) atoms. The zero-order valence-electron chi connectivity index (χ0n) is 8.96. The van der Waals surface area contributed by atoms with Gasteiger partial charge in [-0.05, 0) is 32.6 Å². The third-order valence-corrected chi connectivity index (χ3v) is 3.91. The van der Waals surface area contributed by atoms with Gasteiger partial charge >= 0.3 is 0 Å². The van der Waals surface area contributed by atoms with Crippen LogP contribution in [0.15, 0.2) is 0 Å². The van der Waals surface area contributed by atoms with Crippen LogP contribution < -0.4 is 5.73 Å². The third-order valence-electron chi connectivity index (χ3n) is 3.91. The van der Waals surface area contributed by atoms with Crippen molar-refractivity contribution in [2.45, 2.75) is 44.6 Å². The van der Waals surface area contributed by atoms with E-state index in [0.29, 0.717) is 18.4 Å². The van der Waals surface area contributed by atoms with Crippen molar-refractivity contribution in [2.24, 2.45) is 11.7 Å². The van der Waals surface area contributed by atoms with Gasteiger partial charge in [0.05, 0.1) is 5.54 Å². The van der Waals surface area contributed by atoms with E-state index in [9.17, 15) is 4.79 Å². The monoisotopic (exact) mass is 196 g/mol. The molecule has 1 aliphatic heterocycles. The lowest BCUT2D eigenvalue weighted by Gasteiger charge is -2.38. The highest BCUT2D eigenvalue weighted by Gasteiger charge is 2.41. The fourth-order valence-corrected chi connectivity index (χ4v) is 2.49. The number of likely N-dealkylation sites (tertiary alicyclic amines) is 1. The Kier molecular flexibility index (Phi) is 2.52. The number of nitrogens with zero attached hydrogens (tertiary/aromatic N) is 1. The Balaban J connectivity index is 2.05. The Morgan fingerprint density at radius 3 is 2.71 bits per heavy atom. The van der Waals surface area contributed by atoms with Gasteiger partial charge < -0.3 is 10.6 Å². The topological polar surface area (TPSA) is 46.3 Å². The van der Waals surface area contributed by atoms with E-state index >= 15 is 0 Å². The zero-order chi connectivity index (χ0) is 10.2. The van der Waals surface area contributed by atoms with E-state index in [0.717, 1.165) is 32.2 Å². The molecule has 1 aliphatic carbocycles. The van der Waals surface area contributed by atoms with Crippen LogP contribution >= 0.6 is 0 Å². The van der Waals surface area contributed by atoms with Gasteiger partial charge in [-0.1, -0.05) is 6.42 Å².